The van der Waals surface area contributed by atoms with E-state index in [4.69, 9.17) is 19.2 Å². The normalized spacial score (nSPS) is 28.1. The molecule has 1 saturated carbocycles. The van der Waals surface area contributed by atoms with Crippen molar-refractivity contribution in [2.75, 3.05) is 0 Å². The van der Waals surface area contributed by atoms with Gasteiger partial charge >= 0.3 is 6.09 Å². The van der Waals surface area contributed by atoms with E-state index in [0.717, 1.165) is 74.1 Å². The molecule has 0 N–H and O–H groups in total. The lowest BCUT2D eigenvalue weighted by Crippen LogP contribution is -2.50. The fourth-order valence-corrected chi connectivity index (χ4v) is 5.86. The Morgan fingerprint density at radius 3 is 2.22 bits per heavy atom. The molecule has 2 saturated heterocycles. The van der Waals surface area contributed by atoms with Gasteiger partial charge in [-0.3, -0.25) is 0 Å². The number of aromatic nitrogens is 3. The van der Waals surface area contributed by atoms with Gasteiger partial charge in [0.25, 0.3) is 0 Å². The van der Waals surface area contributed by atoms with Gasteiger partial charge in [-0.15, -0.1) is 0 Å². The molecule has 2 aromatic rings. The molecule has 8 heteroatoms. The van der Waals surface area contributed by atoms with Crippen LogP contribution in [0.3, 0.4) is 0 Å². The van der Waals surface area contributed by atoms with Crippen LogP contribution in [0.15, 0.2) is 30.6 Å². The van der Waals surface area contributed by atoms with Crippen LogP contribution >= 0.6 is 0 Å². The number of ether oxygens (including phenoxy) is 3. The molecule has 0 aromatic carbocycles. The highest BCUT2D eigenvalue weighted by molar-refractivity contribution is 5.69. The van der Waals surface area contributed by atoms with Gasteiger partial charge in [-0.2, -0.15) is 10.2 Å². The first-order valence-corrected chi connectivity index (χ1v) is 13.3. The topological polar surface area (TPSA) is 86.7 Å². The summed E-state index contributed by atoms with van der Waals surface area (Å²) in [6.07, 6.45) is 11.8. The van der Waals surface area contributed by atoms with Crippen LogP contribution in [-0.4, -0.2) is 62.2 Å². The molecular formula is C28H38N4O4. The van der Waals surface area contributed by atoms with Crippen molar-refractivity contribution >= 4 is 6.09 Å². The first-order chi connectivity index (χ1) is 17.2. The molecule has 0 unspecified atom stereocenters. The SMILES string of the molecule is Cc1nc(-c2ccnnc2)ccc1O[C@H]1CC[C@H](O[C@@H]2C[C@H]3CC[C@@H](C2)N3C(=O)OC(C)(C)C)CC1. The van der Waals surface area contributed by atoms with E-state index in [1.54, 1.807) is 12.4 Å². The summed E-state index contributed by atoms with van der Waals surface area (Å²) in [5, 5.41) is 7.77. The van der Waals surface area contributed by atoms with Crippen LogP contribution in [0.1, 0.15) is 77.8 Å². The molecule has 2 aliphatic heterocycles. The van der Waals surface area contributed by atoms with Crippen molar-refractivity contribution in [1.29, 1.82) is 0 Å². The predicted octanol–water partition coefficient (Wildman–Crippen LogP) is 5.48. The molecule has 0 radical (unpaired) electrons. The lowest BCUT2D eigenvalue weighted by molar-refractivity contribution is -0.0813. The molecule has 2 aromatic heterocycles. The summed E-state index contributed by atoms with van der Waals surface area (Å²) in [7, 11) is 0. The standard InChI is InChI=1S/C28H38N4O4/c1-18-26(12-11-25(31-18)19-13-14-29-30-17-19)35-23-9-7-22(8-10-23)34-24-15-20-5-6-21(16-24)32(20)27(33)36-28(2,3)4/h11-14,17,20-24H,5-10,15-16H2,1-4H3/t20-,21+,22-,23-,24-. The van der Waals surface area contributed by atoms with E-state index in [-0.39, 0.29) is 36.5 Å². The van der Waals surface area contributed by atoms with Crippen LogP contribution in [-0.2, 0) is 9.47 Å². The maximum absolute atomic E-state index is 12.7. The number of piperidine rings is 1. The lowest BCUT2D eigenvalue weighted by atomic mass is 9.93. The lowest BCUT2D eigenvalue weighted by Gasteiger charge is -2.41. The zero-order valence-corrected chi connectivity index (χ0v) is 21.9. The second-order valence-corrected chi connectivity index (χ2v) is 11.4. The third-order valence-electron chi connectivity index (χ3n) is 7.51. The van der Waals surface area contributed by atoms with Crippen molar-refractivity contribution in [1.82, 2.24) is 20.1 Å². The van der Waals surface area contributed by atoms with Gasteiger partial charge in [-0.05, 0) is 97.3 Å². The van der Waals surface area contributed by atoms with Gasteiger partial charge in [-0.1, -0.05) is 0 Å². The van der Waals surface area contributed by atoms with E-state index in [1.807, 2.05) is 50.8 Å². The van der Waals surface area contributed by atoms with Gasteiger partial charge in [0.1, 0.15) is 11.4 Å². The van der Waals surface area contributed by atoms with Crippen LogP contribution in [0.4, 0.5) is 4.79 Å². The molecule has 5 rings (SSSR count). The van der Waals surface area contributed by atoms with E-state index >= 15 is 0 Å². The molecule has 0 spiro atoms. The second-order valence-electron chi connectivity index (χ2n) is 11.4. The summed E-state index contributed by atoms with van der Waals surface area (Å²) in [5.41, 5.74) is 2.24. The number of hydrogen-bond donors (Lipinski definition) is 0. The Bertz CT molecular complexity index is 1040. The zero-order chi connectivity index (χ0) is 25.3. The number of amides is 1. The quantitative estimate of drug-likeness (QED) is 0.544. The van der Waals surface area contributed by atoms with Crippen LogP contribution < -0.4 is 4.74 Å². The van der Waals surface area contributed by atoms with Gasteiger partial charge in [0.2, 0.25) is 0 Å². The Morgan fingerprint density at radius 1 is 0.917 bits per heavy atom. The van der Waals surface area contributed by atoms with Gasteiger partial charge in [0.15, 0.2) is 0 Å². The second kappa shape index (κ2) is 10.3. The number of carbonyl (C=O) groups excluding carboxylic acids is 1. The fraction of sp³-hybridized carbons (Fsp3) is 0.643. The van der Waals surface area contributed by atoms with Crippen molar-refractivity contribution in [3.63, 3.8) is 0 Å². The van der Waals surface area contributed by atoms with Gasteiger partial charge in [-0.25, -0.2) is 9.78 Å². The average Bonchev–Trinajstić information content (AvgIpc) is 3.12. The summed E-state index contributed by atoms with van der Waals surface area (Å²) >= 11 is 0. The van der Waals surface area contributed by atoms with Crippen LogP contribution in [0, 0.1) is 6.92 Å². The minimum Gasteiger partial charge on any atom is -0.489 e. The van der Waals surface area contributed by atoms with E-state index < -0.39 is 5.60 Å². The molecule has 3 aliphatic rings. The number of carbonyl (C=O) groups is 1. The Balaban J connectivity index is 1.09. The summed E-state index contributed by atoms with van der Waals surface area (Å²) in [6, 6.07) is 6.37. The highest BCUT2D eigenvalue weighted by Gasteiger charge is 2.45. The monoisotopic (exact) mass is 494 g/mol. The van der Waals surface area contributed by atoms with Gasteiger partial charge in [0, 0.05) is 17.6 Å². The number of aryl methyl sites for hydroxylation is 1. The average molecular weight is 495 g/mol. The first kappa shape index (κ1) is 24.9. The molecule has 1 aliphatic carbocycles. The maximum Gasteiger partial charge on any atom is 0.410 e. The molecule has 3 atom stereocenters. The maximum atomic E-state index is 12.7. The summed E-state index contributed by atoms with van der Waals surface area (Å²) < 4.78 is 18.6. The molecule has 36 heavy (non-hydrogen) atoms. The summed E-state index contributed by atoms with van der Waals surface area (Å²) in [5.74, 6) is 0.844. The van der Waals surface area contributed by atoms with Crippen molar-refractivity contribution < 1.29 is 19.0 Å². The Hall–Kier alpha value is -2.74. The molecule has 2 bridgehead atoms. The fourth-order valence-electron chi connectivity index (χ4n) is 5.86. The molecule has 194 valence electrons. The third-order valence-corrected chi connectivity index (χ3v) is 7.51. The van der Waals surface area contributed by atoms with Crippen molar-refractivity contribution in [3.05, 3.63) is 36.3 Å². The van der Waals surface area contributed by atoms with Gasteiger partial charge < -0.3 is 19.1 Å². The van der Waals surface area contributed by atoms with E-state index in [9.17, 15) is 4.79 Å². The summed E-state index contributed by atoms with van der Waals surface area (Å²) in [4.78, 5) is 19.4. The molecule has 3 fully saturated rings. The molecule has 8 nitrogen and oxygen atoms in total. The number of pyridine rings is 1. The first-order valence-electron chi connectivity index (χ1n) is 13.3. The number of nitrogens with zero attached hydrogens (tertiary/aromatic N) is 4. The number of rotatable bonds is 5. The largest absolute Gasteiger partial charge is 0.489 e. The highest BCUT2D eigenvalue weighted by Crippen LogP contribution is 2.39. The smallest absolute Gasteiger partial charge is 0.410 e. The Kier molecular flexibility index (Phi) is 7.15. The minimum atomic E-state index is -0.460. The van der Waals surface area contributed by atoms with Crippen molar-refractivity contribution in [2.45, 2.75) is 115 Å². The summed E-state index contributed by atoms with van der Waals surface area (Å²) in [6.45, 7) is 7.77. The van der Waals surface area contributed by atoms with Crippen LogP contribution in [0.25, 0.3) is 11.3 Å². The van der Waals surface area contributed by atoms with Crippen LogP contribution in [0.2, 0.25) is 0 Å². The third kappa shape index (κ3) is 5.80. The van der Waals surface area contributed by atoms with Crippen LogP contribution in [0.5, 0.6) is 5.75 Å². The molecule has 4 heterocycles. The minimum absolute atomic E-state index is 0.165. The highest BCUT2D eigenvalue weighted by atomic mass is 16.6. The van der Waals surface area contributed by atoms with Crippen molar-refractivity contribution in [2.24, 2.45) is 0 Å². The van der Waals surface area contributed by atoms with Gasteiger partial charge in [0.05, 0.1) is 42.1 Å². The zero-order valence-electron chi connectivity index (χ0n) is 21.9. The number of hydrogen-bond acceptors (Lipinski definition) is 7. The predicted molar refractivity (Wildman–Crippen MR) is 136 cm³/mol. The van der Waals surface area contributed by atoms with E-state index in [1.165, 1.54) is 0 Å². The Morgan fingerprint density at radius 2 is 1.61 bits per heavy atom. The Labute approximate surface area is 213 Å². The van der Waals surface area contributed by atoms with E-state index in [0.29, 0.717) is 0 Å². The molecule has 1 amide bonds. The van der Waals surface area contributed by atoms with E-state index in [2.05, 4.69) is 10.2 Å². The van der Waals surface area contributed by atoms with Crippen molar-refractivity contribution in [3.8, 4) is 17.0 Å². The molecular weight excluding hydrogens is 456 g/mol. The number of fused-ring (bicyclic) bond motifs is 2.